The third-order valence-electron chi connectivity index (χ3n) is 4.06. The molecular weight excluding hydrogens is 272 g/mol. The fourth-order valence-corrected chi connectivity index (χ4v) is 3.00. The van der Waals surface area contributed by atoms with Gasteiger partial charge in [0.05, 0.1) is 6.20 Å². The lowest BCUT2D eigenvalue weighted by molar-refractivity contribution is -0.137. The number of nitrogens with zero attached hydrogens (tertiary/aromatic N) is 3. The largest absolute Gasteiger partial charge is 0.480 e. The van der Waals surface area contributed by atoms with Crippen molar-refractivity contribution in [1.82, 2.24) is 20.3 Å². The molecule has 2 N–H and O–H groups in total. The fraction of sp³-hybridized carbons (Fsp3) is 0.714. The molecule has 7 nitrogen and oxygen atoms in total. The Balaban J connectivity index is 1.99. The van der Waals surface area contributed by atoms with E-state index in [0.29, 0.717) is 11.8 Å². The van der Waals surface area contributed by atoms with Gasteiger partial charge in [-0.05, 0) is 24.7 Å². The first-order chi connectivity index (χ1) is 9.97. The van der Waals surface area contributed by atoms with Crippen molar-refractivity contribution >= 4 is 11.9 Å². The summed E-state index contributed by atoms with van der Waals surface area (Å²) in [5.74, 6) is -0.279. The lowest BCUT2D eigenvalue weighted by atomic mass is 9.78. The lowest BCUT2D eigenvalue weighted by Gasteiger charge is -2.34. The standard InChI is InChI=1S/C14H22N4O3/c1-9(2)10-5-3-4-6-11(10)15-14(21)12-7-18(17-16-12)8-13(19)20/h7,9-11H,3-6,8H2,1-2H3,(H,15,21)(H,19,20). The van der Waals surface area contributed by atoms with E-state index >= 15 is 0 Å². The molecule has 0 bridgehead atoms. The highest BCUT2D eigenvalue weighted by atomic mass is 16.4. The van der Waals surface area contributed by atoms with Crippen LogP contribution in [0.4, 0.5) is 0 Å². The van der Waals surface area contributed by atoms with Gasteiger partial charge in [-0.25, -0.2) is 4.68 Å². The molecule has 1 aromatic heterocycles. The first-order valence-corrected chi connectivity index (χ1v) is 7.40. The van der Waals surface area contributed by atoms with Crippen molar-refractivity contribution in [3.8, 4) is 0 Å². The number of carbonyl (C=O) groups excluding carboxylic acids is 1. The summed E-state index contributed by atoms with van der Waals surface area (Å²) in [7, 11) is 0. The van der Waals surface area contributed by atoms with Crippen LogP contribution >= 0.6 is 0 Å². The summed E-state index contributed by atoms with van der Waals surface area (Å²) in [6.45, 7) is 4.06. The van der Waals surface area contributed by atoms with Crippen LogP contribution in [0.5, 0.6) is 0 Å². The third-order valence-corrected chi connectivity index (χ3v) is 4.06. The van der Waals surface area contributed by atoms with E-state index in [0.717, 1.165) is 23.9 Å². The summed E-state index contributed by atoms with van der Waals surface area (Å²) in [5, 5.41) is 19.1. The summed E-state index contributed by atoms with van der Waals surface area (Å²) < 4.78 is 1.15. The molecule has 116 valence electrons. The van der Waals surface area contributed by atoms with Crippen molar-refractivity contribution in [1.29, 1.82) is 0 Å². The van der Waals surface area contributed by atoms with E-state index in [4.69, 9.17) is 5.11 Å². The van der Waals surface area contributed by atoms with Crippen LogP contribution in [-0.2, 0) is 11.3 Å². The molecule has 1 saturated carbocycles. The van der Waals surface area contributed by atoms with Gasteiger partial charge in [-0.2, -0.15) is 0 Å². The van der Waals surface area contributed by atoms with E-state index in [-0.39, 0.29) is 24.2 Å². The quantitative estimate of drug-likeness (QED) is 0.853. The number of aromatic nitrogens is 3. The monoisotopic (exact) mass is 294 g/mol. The van der Waals surface area contributed by atoms with Crippen LogP contribution in [0.1, 0.15) is 50.0 Å². The summed E-state index contributed by atoms with van der Waals surface area (Å²) in [5.41, 5.74) is 0.171. The molecule has 0 saturated heterocycles. The van der Waals surface area contributed by atoms with Gasteiger partial charge < -0.3 is 10.4 Å². The zero-order chi connectivity index (χ0) is 15.4. The molecule has 1 fully saturated rings. The molecular formula is C14H22N4O3. The summed E-state index contributed by atoms with van der Waals surface area (Å²) >= 11 is 0. The Kier molecular flexibility index (Phi) is 4.93. The Morgan fingerprint density at radius 2 is 2.14 bits per heavy atom. The molecule has 7 heteroatoms. The minimum atomic E-state index is -1.01. The van der Waals surface area contributed by atoms with Crippen molar-refractivity contribution in [3.63, 3.8) is 0 Å². The maximum atomic E-state index is 12.2. The fourth-order valence-electron chi connectivity index (χ4n) is 3.00. The molecule has 0 radical (unpaired) electrons. The highest BCUT2D eigenvalue weighted by molar-refractivity contribution is 5.92. The van der Waals surface area contributed by atoms with Crippen LogP contribution in [-0.4, -0.2) is 38.0 Å². The number of rotatable bonds is 5. The van der Waals surface area contributed by atoms with Crippen LogP contribution in [0, 0.1) is 11.8 Å². The molecule has 0 spiro atoms. The third kappa shape index (κ3) is 4.03. The Labute approximate surface area is 123 Å². The normalized spacial score (nSPS) is 22.2. The number of amides is 1. The topological polar surface area (TPSA) is 97.1 Å². The second-order valence-electron chi connectivity index (χ2n) is 5.97. The Hall–Kier alpha value is -1.92. The SMILES string of the molecule is CC(C)C1CCCCC1NC(=O)c1cn(CC(=O)O)nn1. The number of carboxylic acid groups (broad SMARTS) is 1. The maximum Gasteiger partial charge on any atom is 0.325 e. The van der Waals surface area contributed by atoms with E-state index in [1.807, 2.05) is 0 Å². The molecule has 1 aromatic rings. The number of aliphatic carboxylic acids is 1. The molecule has 1 aliphatic carbocycles. The number of hydrogen-bond donors (Lipinski definition) is 2. The minimum absolute atomic E-state index is 0.163. The van der Waals surface area contributed by atoms with Gasteiger partial charge >= 0.3 is 5.97 Å². The Bertz CT molecular complexity index is 512. The first-order valence-electron chi connectivity index (χ1n) is 7.40. The van der Waals surface area contributed by atoms with E-state index < -0.39 is 5.97 Å². The lowest BCUT2D eigenvalue weighted by Crippen LogP contribution is -2.44. The number of hydrogen-bond acceptors (Lipinski definition) is 4. The molecule has 1 amide bonds. The van der Waals surface area contributed by atoms with Gasteiger partial charge in [-0.15, -0.1) is 5.10 Å². The van der Waals surface area contributed by atoms with E-state index in [1.165, 1.54) is 12.6 Å². The van der Waals surface area contributed by atoms with Gasteiger partial charge in [-0.3, -0.25) is 9.59 Å². The average Bonchev–Trinajstić information content (AvgIpc) is 2.86. The van der Waals surface area contributed by atoms with Gasteiger partial charge in [-0.1, -0.05) is 31.9 Å². The number of carboxylic acids is 1. The average molecular weight is 294 g/mol. The molecule has 0 aromatic carbocycles. The molecule has 1 heterocycles. The van der Waals surface area contributed by atoms with E-state index in [1.54, 1.807) is 0 Å². The molecule has 21 heavy (non-hydrogen) atoms. The predicted molar refractivity (Wildman–Crippen MR) is 75.7 cm³/mol. The minimum Gasteiger partial charge on any atom is -0.480 e. The predicted octanol–water partition coefficient (Wildman–Crippen LogP) is 1.31. The first kappa shape index (κ1) is 15.5. The van der Waals surface area contributed by atoms with Crippen LogP contribution in [0.2, 0.25) is 0 Å². The summed E-state index contributed by atoms with van der Waals surface area (Å²) in [6.07, 6.45) is 5.83. The van der Waals surface area contributed by atoms with Crippen molar-refractivity contribution in [2.75, 3.05) is 0 Å². The van der Waals surface area contributed by atoms with E-state index in [9.17, 15) is 9.59 Å². The Morgan fingerprint density at radius 1 is 1.43 bits per heavy atom. The molecule has 2 atom stereocenters. The van der Waals surface area contributed by atoms with Crippen LogP contribution in [0.3, 0.4) is 0 Å². The zero-order valence-electron chi connectivity index (χ0n) is 12.5. The number of nitrogens with one attached hydrogen (secondary N) is 1. The van der Waals surface area contributed by atoms with Gasteiger partial charge in [0.2, 0.25) is 0 Å². The van der Waals surface area contributed by atoms with Gasteiger partial charge in [0.25, 0.3) is 5.91 Å². The highest BCUT2D eigenvalue weighted by Gasteiger charge is 2.29. The van der Waals surface area contributed by atoms with Crippen LogP contribution in [0.15, 0.2) is 6.20 Å². The van der Waals surface area contributed by atoms with Crippen molar-refractivity contribution in [3.05, 3.63) is 11.9 Å². The smallest absolute Gasteiger partial charge is 0.325 e. The number of carbonyl (C=O) groups is 2. The van der Waals surface area contributed by atoms with Gasteiger partial charge in [0.15, 0.2) is 5.69 Å². The van der Waals surface area contributed by atoms with Gasteiger partial charge in [0.1, 0.15) is 6.54 Å². The highest BCUT2D eigenvalue weighted by Crippen LogP contribution is 2.30. The van der Waals surface area contributed by atoms with Crippen molar-refractivity contribution in [2.45, 2.75) is 52.1 Å². The molecule has 1 aliphatic rings. The molecule has 2 unspecified atom stereocenters. The Morgan fingerprint density at radius 3 is 2.81 bits per heavy atom. The van der Waals surface area contributed by atoms with Crippen molar-refractivity contribution < 1.29 is 14.7 Å². The second kappa shape index (κ2) is 6.69. The summed E-state index contributed by atoms with van der Waals surface area (Å²) in [4.78, 5) is 22.8. The van der Waals surface area contributed by atoms with E-state index in [2.05, 4.69) is 29.5 Å². The van der Waals surface area contributed by atoms with Crippen molar-refractivity contribution in [2.24, 2.45) is 11.8 Å². The van der Waals surface area contributed by atoms with Gasteiger partial charge in [0, 0.05) is 6.04 Å². The maximum absolute atomic E-state index is 12.2. The zero-order valence-corrected chi connectivity index (χ0v) is 12.5. The summed E-state index contributed by atoms with van der Waals surface area (Å²) in [6, 6.07) is 0.163. The van der Waals surface area contributed by atoms with Crippen LogP contribution in [0.25, 0.3) is 0 Å². The van der Waals surface area contributed by atoms with Crippen LogP contribution < -0.4 is 5.32 Å². The molecule has 0 aliphatic heterocycles. The second-order valence-corrected chi connectivity index (χ2v) is 5.97. The molecule has 2 rings (SSSR count).